The Morgan fingerprint density at radius 3 is 2.53 bits per heavy atom. The summed E-state index contributed by atoms with van der Waals surface area (Å²) in [4.78, 5) is 2.43. The van der Waals surface area contributed by atoms with Gasteiger partial charge in [0.15, 0.2) is 0 Å². The van der Waals surface area contributed by atoms with Gasteiger partial charge < -0.3 is 15.4 Å². The maximum Gasteiger partial charge on any atom is 0.0484 e. The third-order valence-corrected chi connectivity index (χ3v) is 3.87. The molecule has 0 aromatic heterocycles. The largest absolute Gasteiger partial charge is 0.381 e. The molecule has 0 atom stereocenters. The molecule has 0 bridgehead atoms. The Kier molecular flexibility index (Phi) is 3.65. The lowest BCUT2D eigenvalue weighted by atomic mass is 9.84. The first-order chi connectivity index (χ1) is 7.18. The molecular weight excluding hydrogens is 188 g/mol. The monoisotopic (exact) mass is 212 g/mol. The SMILES string of the molecule is CN(CC1CCC1)CC1(N)CCOCC1. The van der Waals surface area contributed by atoms with E-state index in [-0.39, 0.29) is 5.54 Å². The Morgan fingerprint density at radius 1 is 1.33 bits per heavy atom. The molecule has 2 N–H and O–H groups in total. The first-order valence-electron chi connectivity index (χ1n) is 6.23. The van der Waals surface area contributed by atoms with Gasteiger partial charge in [-0.05, 0) is 38.6 Å². The Morgan fingerprint density at radius 2 is 2.00 bits per heavy atom. The van der Waals surface area contributed by atoms with E-state index in [9.17, 15) is 0 Å². The Bertz CT molecular complexity index is 198. The molecule has 1 aliphatic heterocycles. The molecule has 0 spiro atoms. The summed E-state index contributed by atoms with van der Waals surface area (Å²) in [5.41, 5.74) is 6.38. The fraction of sp³-hybridized carbons (Fsp3) is 1.00. The van der Waals surface area contributed by atoms with E-state index < -0.39 is 0 Å². The number of hydrogen-bond donors (Lipinski definition) is 1. The highest BCUT2D eigenvalue weighted by molar-refractivity contribution is 4.89. The molecule has 2 rings (SSSR count). The first kappa shape index (κ1) is 11.4. The maximum atomic E-state index is 6.37. The van der Waals surface area contributed by atoms with E-state index in [2.05, 4.69) is 11.9 Å². The van der Waals surface area contributed by atoms with Crippen LogP contribution in [0.4, 0.5) is 0 Å². The van der Waals surface area contributed by atoms with E-state index in [1.807, 2.05) is 0 Å². The normalized spacial score (nSPS) is 26.6. The smallest absolute Gasteiger partial charge is 0.0484 e. The number of nitrogens with zero attached hydrogens (tertiary/aromatic N) is 1. The van der Waals surface area contributed by atoms with Gasteiger partial charge in [-0.1, -0.05) is 6.42 Å². The van der Waals surface area contributed by atoms with Crippen LogP contribution in [0.3, 0.4) is 0 Å². The molecule has 0 unspecified atom stereocenters. The minimum Gasteiger partial charge on any atom is -0.381 e. The van der Waals surface area contributed by atoms with Crippen molar-refractivity contribution < 1.29 is 4.74 Å². The van der Waals surface area contributed by atoms with Gasteiger partial charge in [-0.3, -0.25) is 0 Å². The van der Waals surface area contributed by atoms with Crippen molar-refractivity contribution in [3.63, 3.8) is 0 Å². The summed E-state index contributed by atoms with van der Waals surface area (Å²) in [6.07, 6.45) is 6.31. The van der Waals surface area contributed by atoms with Gasteiger partial charge in [0.05, 0.1) is 0 Å². The van der Waals surface area contributed by atoms with Crippen molar-refractivity contribution in [2.45, 2.75) is 37.6 Å². The molecule has 15 heavy (non-hydrogen) atoms. The van der Waals surface area contributed by atoms with Gasteiger partial charge in [0.1, 0.15) is 0 Å². The van der Waals surface area contributed by atoms with Crippen molar-refractivity contribution in [2.24, 2.45) is 11.7 Å². The number of ether oxygens (including phenoxy) is 1. The van der Waals surface area contributed by atoms with Crippen LogP contribution in [0.2, 0.25) is 0 Å². The zero-order chi connectivity index (χ0) is 10.7. The third-order valence-electron chi connectivity index (χ3n) is 3.87. The van der Waals surface area contributed by atoms with Crippen LogP contribution < -0.4 is 5.73 Å². The van der Waals surface area contributed by atoms with Crippen molar-refractivity contribution in [1.29, 1.82) is 0 Å². The van der Waals surface area contributed by atoms with Crippen LogP contribution in [0.25, 0.3) is 0 Å². The topological polar surface area (TPSA) is 38.5 Å². The summed E-state index contributed by atoms with van der Waals surface area (Å²) in [6.45, 7) is 3.95. The minimum atomic E-state index is 0.0107. The maximum absolute atomic E-state index is 6.37. The molecule has 88 valence electrons. The van der Waals surface area contributed by atoms with Gasteiger partial charge in [-0.25, -0.2) is 0 Å². The van der Waals surface area contributed by atoms with Crippen molar-refractivity contribution in [1.82, 2.24) is 4.90 Å². The van der Waals surface area contributed by atoms with E-state index in [0.29, 0.717) is 0 Å². The van der Waals surface area contributed by atoms with Gasteiger partial charge in [0.25, 0.3) is 0 Å². The summed E-state index contributed by atoms with van der Waals surface area (Å²) >= 11 is 0. The van der Waals surface area contributed by atoms with Crippen molar-refractivity contribution in [3.05, 3.63) is 0 Å². The highest BCUT2D eigenvalue weighted by Gasteiger charge is 2.30. The molecule has 3 nitrogen and oxygen atoms in total. The van der Waals surface area contributed by atoms with Crippen LogP contribution in [-0.4, -0.2) is 43.8 Å². The molecule has 0 aromatic carbocycles. The molecule has 2 fully saturated rings. The van der Waals surface area contributed by atoms with Gasteiger partial charge in [0.2, 0.25) is 0 Å². The Labute approximate surface area is 93.0 Å². The highest BCUT2D eigenvalue weighted by atomic mass is 16.5. The second-order valence-electron chi connectivity index (χ2n) is 5.47. The molecule has 0 aromatic rings. The van der Waals surface area contributed by atoms with E-state index in [1.54, 1.807) is 0 Å². The predicted octanol–water partition coefficient (Wildman–Crippen LogP) is 1.23. The standard InChI is InChI=1S/C12H24N2O/c1-14(9-11-3-2-4-11)10-12(13)5-7-15-8-6-12/h11H,2-10,13H2,1H3. The van der Waals surface area contributed by atoms with Crippen LogP contribution in [0, 0.1) is 5.92 Å². The van der Waals surface area contributed by atoms with Gasteiger partial charge in [0, 0.05) is 31.8 Å². The van der Waals surface area contributed by atoms with Crippen molar-refractivity contribution >= 4 is 0 Å². The fourth-order valence-electron chi connectivity index (χ4n) is 2.65. The van der Waals surface area contributed by atoms with Crippen molar-refractivity contribution in [3.8, 4) is 0 Å². The third kappa shape index (κ3) is 3.16. The fourth-order valence-corrected chi connectivity index (χ4v) is 2.65. The Hall–Kier alpha value is -0.120. The molecule has 3 heteroatoms. The molecule has 1 saturated heterocycles. The van der Waals surface area contributed by atoms with E-state index in [0.717, 1.165) is 38.5 Å². The van der Waals surface area contributed by atoms with Crippen molar-refractivity contribution in [2.75, 3.05) is 33.4 Å². The van der Waals surface area contributed by atoms with Gasteiger partial charge in [-0.15, -0.1) is 0 Å². The lowest BCUT2D eigenvalue weighted by Crippen LogP contribution is -2.53. The van der Waals surface area contributed by atoms with Gasteiger partial charge >= 0.3 is 0 Å². The zero-order valence-electron chi connectivity index (χ0n) is 9.87. The van der Waals surface area contributed by atoms with Crippen LogP contribution in [-0.2, 0) is 4.74 Å². The van der Waals surface area contributed by atoms with Crippen LogP contribution >= 0.6 is 0 Å². The minimum absolute atomic E-state index is 0.0107. The molecule has 0 radical (unpaired) electrons. The van der Waals surface area contributed by atoms with E-state index in [1.165, 1.54) is 25.8 Å². The molecular formula is C12H24N2O. The first-order valence-corrected chi connectivity index (χ1v) is 6.23. The van der Waals surface area contributed by atoms with Crippen LogP contribution in [0.15, 0.2) is 0 Å². The quantitative estimate of drug-likeness (QED) is 0.761. The van der Waals surface area contributed by atoms with Crippen LogP contribution in [0.5, 0.6) is 0 Å². The predicted molar refractivity (Wildman–Crippen MR) is 61.8 cm³/mol. The lowest BCUT2D eigenvalue weighted by molar-refractivity contribution is 0.0374. The average molecular weight is 212 g/mol. The summed E-state index contributed by atoms with van der Waals surface area (Å²) in [6, 6.07) is 0. The highest BCUT2D eigenvalue weighted by Crippen LogP contribution is 2.27. The second-order valence-corrected chi connectivity index (χ2v) is 5.47. The molecule has 1 saturated carbocycles. The van der Waals surface area contributed by atoms with E-state index >= 15 is 0 Å². The molecule has 2 aliphatic rings. The summed E-state index contributed by atoms with van der Waals surface area (Å²) in [7, 11) is 2.21. The summed E-state index contributed by atoms with van der Waals surface area (Å²) < 4.78 is 5.36. The summed E-state index contributed by atoms with van der Waals surface area (Å²) in [5.74, 6) is 0.943. The Balaban J connectivity index is 1.73. The van der Waals surface area contributed by atoms with Gasteiger partial charge in [-0.2, -0.15) is 0 Å². The average Bonchev–Trinajstić information content (AvgIpc) is 2.12. The molecule has 1 heterocycles. The number of nitrogens with two attached hydrogens (primary N) is 1. The second kappa shape index (κ2) is 4.81. The number of rotatable bonds is 4. The molecule has 0 amide bonds. The number of likely N-dealkylation sites (N-methyl/N-ethyl adjacent to an activating group) is 1. The van der Waals surface area contributed by atoms with Crippen LogP contribution in [0.1, 0.15) is 32.1 Å². The van der Waals surface area contributed by atoms with E-state index in [4.69, 9.17) is 10.5 Å². The zero-order valence-corrected chi connectivity index (χ0v) is 9.87. The lowest BCUT2D eigenvalue weighted by Gasteiger charge is -2.39. The molecule has 1 aliphatic carbocycles. The summed E-state index contributed by atoms with van der Waals surface area (Å²) in [5, 5.41) is 0. The number of hydrogen-bond acceptors (Lipinski definition) is 3.